The molecule has 1 aromatic carbocycles. The van der Waals surface area contributed by atoms with Crippen molar-refractivity contribution in [3.63, 3.8) is 0 Å². The van der Waals surface area contributed by atoms with Gasteiger partial charge in [-0.2, -0.15) is 0 Å². The van der Waals surface area contributed by atoms with Gasteiger partial charge in [0, 0.05) is 0 Å². The molecule has 0 aliphatic rings. The first-order valence-corrected chi connectivity index (χ1v) is 5.76. The van der Waals surface area contributed by atoms with Crippen molar-refractivity contribution in [3.8, 4) is 0 Å². The van der Waals surface area contributed by atoms with E-state index in [0.717, 1.165) is 18.6 Å². The summed E-state index contributed by atoms with van der Waals surface area (Å²) in [4.78, 5) is 0. The van der Waals surface area contributed by atoms with Crippen LogP contribution in [0.1, 0.15) is 28.0 Å². The molecule has 0 atom stereocenters. The van der Waals surface area contributed by atoms with E-state index >= 15 is 0 Å². The Morgan fingerprint density at radius 3 is 2.38 bits per heavy atom. The Morgan fingerprint density at radius 1 is 0.938 bits per heavy atom. The molecule has 0 unspecified atom stereocenters. The van der Waals surface area contributed by atoms with Crippen LogP contribution in [-0.2, 0) is 12.8 Å². The first-order chi connectivity index (χ1) is 7.68. The number of benzene rings is 1. The van der Waals surface area contributed by atoms with Crippen molar-refractivity contribution >= 4 is 0 Å². The van der Waals surface area contributed by atoms with E-state index in [-0.39, 0.29) is 0 Å². The summed E-state index contributed by atoms with van der Waals surface area (Å²) in [6, 6.07) is 8.60. The Balaban J connectivity index is 2.11. The lowest BCUT2D eigenvalue weighted by atomic mass is 9.98. The molecule has 1 heteroatoms. The number of hydrogen-bond donors (Lipinski definition) is 0. The van der Waals surface area contributed by atoms with Gasteiger partial charge in [0.05, 0.1) is 6.26 Å². The molecule has 0 bridgehead atoms. The smallest absolute Gasteiger partial charge is 0.103 e. The minimum atomic E-state index is 1.05. The quantitative estimate of drug-likeness (QED) is 0.753. The van der Waals surface area contributed by atoms with Gasteiger partial charge in [0.25, 0.3) is 0 Å². The van der Waals surface area contributed by atoms with Crippen molar-refractivity contribution in [3.05, 3.63) is 58.5 Å². The van der Waals surface area contributed by atoms with Crippen molar-refractivity contribution in [1.82, 2.24) is 0 Å². The van der Waals surface area contributed by atoms with Gasteiger partial charge in [0.1, 0.15) is 5.76 Å². The summed E-state index contributed by atoms with van der Waals surface area (Å²) in [5.41, 5.74) is 5.56. The van der Waals surface area contributed by atoms with Gasteiger partial charge in [0.15, 0.2) is 0 Å². The van der Waals surface area contributed by atoms with Gasteiger partial charge in [-0.25, -0.2) is 0 Å². The van der Waals surface area contributed by atoms with Crippen LogP contribution in [-0.4, -0.2) is 0 Å². The van der Waals surface area contributed by atoms with Crippen LogP contribution >= 0.6 is 0 Å². The van der Waals surface area contributed by atoms with Crippen LogP contribution in [0.15, 0.2) is 34.9 Å². The van der Waals surface area contributed by atoms with Crippen LogP contribution in [0.5, 0.6) is 0 Å². The Kier molecular flexibility index (Phi) is 3.14. The zero-order chi connectivity index (χ0) is 11.5. The Morgan fingerprint density at radius 2 is 1.69 bits per heavy atom. The monoisotopic (exact) mass is 214 g/mol. The number of furan rings is 1. The summed E-state index contributed by atoms with van der Waals surface area (Å²) in [5, 5.41) is 0. The largest absolute Gasteiger partial charge is 0.469 e. The first kappa shape index (κ1) is 11.0. The molecular formula is C15H18O. The zero-order valence-corrected chi connectivity index (χ0v) is 10.2. The van der Waals surface area contributed by atoms with Crippen molar-refractivity contribution in [2.75, 3.05) is 0 Å². The minimum Gasteiger partial charge on any atom is -0.469 e. The topological polar surface area (TPSA) is 13.1 Å². The lowest BCUT2D eigenvalue weighted by Gasteiger charge is -2.07. The van der Waals surface area contributed by atoms with E-state index in [1.54, 1.807) is 6.26 Å². The molecule has 0 saturated heterocycles. The van der Waals surface area contributed by atoms with Gasteiger partial charge in [-0.15, -0.1) is 0 Å². The molecular weight excluding hydrogens is 196 g/mol. The van der Waals surface area contributed by atoms with Crippen molar-refractivity contribution in [2.24, 2.45) is 0 Å². The van der Waals surface area contributed by atoms with Crippen LogP contribution in [0, 0.1) is 20.8 Å². The van der Waals surface area contributed by atoms with E-state index in [1.807, 2.05) is 6.92 Å². The van der Waals surface area contributed by atoms with E-state index in [1.165, 1.54) is 22.3 Å². The third kappa shape index (κ3) is 2.19. The Bertz CT molecular complexity index is 480. The summed E-state index contributed by atoms with van der Waals surface area (Å²) in [6.07, 6.45) is 3.92. The molecule has 2 aromatic rings. The molecule has 84 valence electrons. The molecule has 0 fully saturated rings. The molecule has 1 aromatic heterocycles. The maximum absolute atomic E-state index is 5.31. The third-order valence-corrected chi connectivity index (χ3v) is 3.35. The summed E-state index contributed by atoms with van der Waals surface area (Å²) in [7, 11) is 0. The normalized spacial score (nSPS) is 10.7. The molecule has 0 aliphatic carbocycles. The van der Waals surface area contributed by atoms with Gasteiger partial charge in [-0.05, 0) is 61.9 Å². The fourth-order valence-corrected chi connectivity index (χ4v) is 2.02. The van der Waals surface area contributed by atoms with E-state index in [9.17, 15) is 0 Å². The summed E-state index contributed by atoms with van der Waals surface area (Å²) >= 11 is 0. The Labute approximate surface area is 97.1 Å². The SMILES string of the molecule is Cc1cccc(CCc2ccoc2C)c1C. The fraction of sp³-hybridized carbons (Fsp3) is 0.333. The van der Waals surface area contributed by atoms with Crippen LogP contribution < -0.4 is 0 Å². The van der Waals surface area contributed by atoms with Crippen molar-refractivity contribution in [1.29, 1.82) is 0 Å². The second-order valence-electron chi connectivity index (χ2n) is 4.36. The minimum absolute atomic E-state index is 1.05. The van der Waals surface area contributed by atoms with Crippen LogP contribution in [0.2, 0.25) is 0 Å². The highest BCUT2D eigenvalue weighted by Gasteiger charge is 2.04. The maximum atomic E-state index is 5.31. The van der Waals surface area contributed by atoms with Gasteiger partial charge >= 0.3 is 0 Å². The second kappa shape index (κ2) is 4.56. The summed E-state index contributed by atoms with van der Waals surface area (Å²) in [5.74, 6) is 1.05. The number of hydrogen-bond acceptors (Lipinski definition) is 1. The van der Waals surface area contributed by atoms with Gasteiger partial charge in [0.2, 0.25) is 0 Å². The van der Waals surface area contributed by atoms with E-state index in [4.69, 9.17) is 4.42 Å². The van der Waals surface area contributed by atoms with Crippen molar-refractivity contribution < 1.29 is 4.42 Å². The second-order valence-corrected chi connectivity index (χ2v) is 4.36. The number of aryl methyl sites for hydroxylation is 4. The lowest BCUT2D eigenvalue weighted by molar-refractivity contribution is 0.529. The standard InChI is InChI=1S/C15H18O/c1-11-5-4-6-14(12(11)2)7-8-15-9-10-16-13(15)3/h4-6,9-10H,7-8H2,1-3H3. The average molecular weight is 214 g/mol. The molecule has 0 spiro atoms. The molecule has 2 rings (SSSR count). The highest BCUT2D eigenvalue weighted by atomic mass is 16.3. The fourth-order valence-electron chi connectivity index (χ4n) is 2.02. The molecule has 0 amide bonds. The van der Waals surface area contributed by atoms with E-state index in [0.29, 0.717) is 0 Å². The first-order valence-electron chi connectivity index (χ1n) is 5.76. The molecule has 1 nitrogen and oxygen atoms in total. The van der Waals surface area contributed by atoms with E-state index in [2.05, 4.69) is 38.1 Å². The zero-order valence-electron chi connectivity index (χ0n) is 10.2. The highest BCUT2D eigenvalue weighted by Crippen LogP contribution is 2.17. The molecule has 0 aliphatic heterocycles. The van der Waals surface area contributed by atoms with Gasteiger partial charge in [-0.3, -0.25) is 0 Å². The van der Waals surface area contributed by atoms with E-state index < -0.39 is 0 Å². The third-order valence-electron chi connectivity index (χ3n) is 3.35. The molecule has 0 saturated carbocycles. The van der Waals surface area contributed by atoms with Gasteiger partial charge < -0.3 is 4.42 Å². The van der Waals surface area contributed by atoms with Crippen LogP contribution in [0.25, 0.3) is 0 Å². The molecule has 1 heterocycles. The predicted octanol–water partition coefficient (Wildman–Crippen LogP) is 3.99. The van der Waals surface area contributed by atoms with Crippen molar-refractivity contribution in [2.45, 2.75) is 33.6 Å². The average Bonchev–Trinajstić information content (AvgIpc) is 2.67. The number of rotatable bonds is 3. The summed E-state index contributed by atoms with van der Waals surface area (Å²) in [6.45, 7) is 6.40. The van der Waals surface area contributed by atoms with Crippen LogP contribution in [0.3, 0.4) is 0 Å². The van der Waals surface area contributed by atoms with Crippen LogP contribution in [0.4, 0.5) is 0 Å². The predicted molar refractivity (Wildman–Crippen MR) is 66.8 cm³/mol. The summed E-state index contributed by atoms with van der Waals surface area (Å²) < 4.78 is 5.31. The molecule has 0 N–H and O–H groups in total. The molecule has 16 heavy (non-hydrogen) atoms. The highest BCUT2D eigenvalue weighted by molar-refractivity contribution is 5.34. The van der Waals surface area contributed by atoms with Gasteiger partial charge in [-0.1, -0.05) is 18.2 Å². The maximum Gasteiger partial charge on any atom is 0.103 e. The molecule has 0 radical (unpaired) electrons. The Hall–Kier alpha value is -1.50. The lowest BCUT2D eigenvalue weighted by Crippen LogP contribution is -1.95.